The van der Waals surface area contributed by atoms with Gasteiger partial charge in [-0.2, -0.15) is 5.10 Å². The van der Waals surface area contributed by atoms with Gasteiger partial charge in [-0.25, -0.2) is 0 Å². The van der Waals surface area contributed by atoms with Crippen LogP contribution in [0.2, 0.25) is 0 Å². The summed E-state index contributed by atoms with van der Waals surface area (Å²) < 4.78 is 0. The number of unbranched alkanes of at least 4 members (excludes halogenated alkanes) is 3. The maximum Gasteiger partial charge on any atom is 0.155 e. The molecule has 1 fully saturated rings. The molecular weight excluding hydrogens is 288 g/mol. The van der Waals surface area contributed by atoms with E-state index in [0.717, 1.165) is 29.7 Å². The Balaban J connectivity index is 1.31. The summed E-state index contributed by atoms with van der Waals surface area (Å²) in [7, 11) is 0. The number of aromatic amines is 1. The van der Waals surface area contributed by atoms with E-state index in [0.29, 0.717) is 0 Å². The zero-order chi connectivity index (χ0) is 15.9. The first-order valence-corrected chi connectivity index (χ1v) is 8.96. The second-order valence-electron chi connectivity index (χ2n) is 6.55. The van der Waals surface area contributed by atoms with E-state index in [9.17, 15) is 5.11 Å². The summed E-state index contributed by atoms with van der Waals surface area (Å²) in [6, 6.07) is 5.27. The number of aromatic nitrogens is 2. The SMILES string of the molecule is Oc1ccc2[nH]nc(NCCCCCCN3CCCCC3)c2c1. The third-order valence-electron chi connectivity index (χ3n) is 4.69. The zero-order valence-electron chi connectivity index (χ0n) is 13.9. The first-order valence-electron chi connectivity index (χ1n) is 8.96. The molecule has 5 nitrogen and oxygen atoms in total. The Morgan fingerprint density at radius 3 is 2.78 bits per heavy atom. The first-order chi connectivity index (χ1) is 11.3. The summed E-state index contributed by atoms with van der Waals surface area (Å²) in [6.07, 6.45) is 9.23. The van der Waals surface area contributed by atoms with E-state index in [1.54, 1.807) is 12.1 Å². The van der Waals surface area contributed by atoms with Crippen molar-refractivity contribution in [2.45, 2.75) is 44.9 Å². The summed E-state index contributed by atoms with van der Waals surface area (Å²) in [6.45, 7) is 4.82. The van der Waals surface area contributed by atoms with Crippen molar-refractivity contribution in [3.8, 4) is 5.75 Å². The highest BCUT2D eigenvalue weighted by Gasteiger charge is 2.09. The maximum absolute atomic E-state index is 9.58. The molecule has 0 saturated carbocycles. The predicted octanol–water partition coefficient (Wildman–Crippen LogP) is 3.73. The van der Waals surface area contributed by atoms with Gasteiger partial charge in [0.15, 0.2) is 5.82 Å². The number of benzene rings is 1. The van der Waals surface area contributed by atoms with Gasteiger partial charge in [0.25, 0.3) is 0 Å². The molecule has 0 amide bonds. The Hall–Kier alpha value is -1.75. The molecule has 126 valence electrons. The van der Waals surface area contributed by atoms with Gasteiger partial charge >= 0.3 is 0 Å². The van der Waals surface area contributed by atoms with Gasteiger partial charge in [0, 0.05) is 11.9 Å². The van der Waals surface area contributed by atoms with Gasteiger partial charge in [0.05, 0.1) is 5.52 Å². The lowest BCUT2D eigenvalue weighted by Gasteiger charge is -2.26. The molecule has 3 N–H and O–H groups in total. The standard InChI is InChI=1S/C18H28N4O/c23-15-8-9-17-16(14-15)18(21-20-17)19-10-4-1-2-5-11-22-12-6-3-7-13-22/h8-9,14,23H,1-7,10-13H2,(H2,19,20,21). The van der Waals surface area contributed by atoms with Gasteiger partial charge in [0.2, 0.25) is 0 Å². The van der Waals surface area contributed by atoms with Crippen LogP contribution >= 0.6 is 0 Å². The van der Waals surface area contributed by atoms with Crippen LogP contribution in [0.1, 0.15) is 44.9 Å². The molecule has 1 aromatic heterocycles. The molecule has 2 heterocycles. The largest absolute Gasteiger partial charge is 0.508 e. The number of phenolic OH excluding ortho intramolecular Hbond substituents is 1. The Labute approximate surface area is 138 Å². The van der Waals surface area contributed by atoms with Crippen LogP contribution in [-0.2, 0) is 0 Å². The second-order valence-corrected chi connectivity index (χ2v) is 6.55. The van der Waals surface area contributed by atoms with Crippen LogP contribution < -0.4 is 5.32 Å². The van der Waals surface area contributed by atoms with Gasteiger partial charge in [-0.15, -0.1) is 0 Å². The molecule has 1 aliphatic heterocycles. The Bertz CT molecular complexity index is 604. The molecule has 0 unspecified atom stereocenters. The van der Waals surface area contributed by atoms with Crippen LogP contribution in [-0.4, -0.2) is 46.4 Å². The highest BCUT2D eigenvalue weighted by atomic mass is 16.3. The van der Waals surface area contributed by atoms with Gasteiger partial charge in [0.1, 0.15) is 5.75 Å². The van der Waals surface area contributed by atoms with Gasteiger partial charge in [-0.3, -0.25) is 5.10 Å². The average molecular weight is 316 g/mol. The number of likely N-dealkylation sites (tertiary alicyclic amines) is 1. The molecule has 1 aliphatic rings. The number of aromatic hydroxyl groups is 1. The number of fused-ring (bicyclic) bond motifs is 1. The molecule has 0 aliphatic carbocycles. The first kappa shape index (κ1) is 16.1. The predicted molar refractivity (Wildman–Crippen MR) is 95.0 cm³/mol. The van der Waals surface area contributed by atoms with E-state index in [-0.39, 0.29) is 5.75 Å². The summed E-state index contributed by atoms with van der Waals surface area (Å²) in [5, 5.41) is 21.2. The highest BCUT2D eigenvalue weighted by Crippen LogP contribution is 2.24. The van der Waals surface area contributed by atoms with E-state index in [1.165, 1.54) is 58.2 Å². The Kier molecular flexibility index (Phi) is 5.75. The molecule has 1 saturated heterocycles. The van der Waals surface area contributed by atoms with Crippen LogP contribution in [0.5, 0.6) is 5.75 Å². The Morgan fingerprint density at radius 1 is 1.09 bits per heavy atom. The topological polar surface area (TPSA) is 64.2 Å². The van der Waals surface area contributed by atoms with E-state index in [1.807, 2.05) is 6.07 Å². The van der Waals surface area contributed by atoms with Crippen molar-refractivity contribution in [1.82, 2.24) is 15.1 Å². The van der Waals surface area contributed by atoms with Gasteiger partial charge in [-0.1, -0.05) is 19.3 Å². The van der Waals surface area contributed by atoms with Gasteiger partial charge < -0.3 is 15.3 Å². The minimum absolute atomic E-state index is 0.277. The number of rotatable bonds is 8. The third-order valence-corrected chi connectivity index (χ3v) is 4.69. The quantitative estimate of drug-likeness (QED) is 0.649. The summed E-state index contributed by atoms with van der Waals surface area (Å²) in [4.78, 5) is 2.62. The molecule has 0 spiro atoms. The molecule has 0 atom stereocenters. The molecule has 0 radical (unpaired) electrons. The monoisotopic (exact) mass is 316 g/mol. The number of hydrogen-bond acceptors (Lipinski definition) is 4. The minimum atomic E-state index is 0.277. The fourth-order valence-corrected chi connectivity index (χ4v) is 3.34. The lowest BCUT2D eigenvalue weighted by Crippen LogP contribution is -2.30. The molecule has 0 bridgehead atoms. The van der Waals surface area contributed by atoms with E-state index in [4.69, 9.17) is 0 Å². The second kappa shape index (κ2) is 8.20. The minimum Gasteiger partial charge on any atom is -0.508 e. The van der Waals surface area contributed by atoms with E-state index >= 15 is 0 Å². The van der Waals surface area contributed by atoms with Crippen LogP contribution in [0.25, 0.3) is 10.9 Å². The lowest BCUT2D eigenvalue weighted by molar-refractivity contribution is 0.224. The number of nitrogens with zero attached hydrogens (tertiary/aromatic N) is 2. The molecule has 2 aromatic rings. The molecule has 1 aromatic carbocycles. The smallest absolute Gasteiger partial charge is 0.155 e. The summed E-state index contributed by atoms with van der Waals surface area (Å²) >= 11 is 0. The number of hydrogen-bond donors (Lipinski definition) is 3. The zero-order valence-corrected chi connectivity index (χ0v) is 13.9. The number of anilines is 1. The van der Waals surface area contributed by atoms with Crippen LogP contribution in [0.15, 0.2) is 18.2 Å². The highest BCUT2D eigenvalue weighted by molar-refractivity contribution is 5.90. The summed E-state index contributed by atoms with van der Waals surface area (Å²) in [5.41, 5.74) is 0.951. The lowest BCUT2D eigenvalue weighted by atomic mass is 10.1. The fourth-order valence-electron chi connectivity index (χ4n) is 3.34. The normalized spacial score (nSPS) is 16.0. The maximum atomic E-state index is 9.58. The number of phenols is 1. The number of piperidine rings is 1. The van der Waals surface area contributed by atoms with Gasteiger partial charge in [-0.05, 0) is 63.5 Å². The number of nitrogens with one attached hydrogen (secondary N) is 2. The van der Waals surface area contributed by atoms with Crippen LogP contribution in [0.3, 0.4) is 0 Å². The third kappa shape index (κ3) is 4.61. The molecular formula is C18H28N4O. The van der Waals surface area contributed by atoms with Crippen LogP contribution in [0.4, 0.5) is 5.82 Å². The van der Waals surface area contributed by atoms with Crippen molar-refractivity contribution < 1.29 is 5.11 Å². The van der Waals surface area contributed by atoms with Crippen molar-refractivity contribution in [1.29, 1.82) is 0 Å². The fraction of sp³-hybridized carbons (Fsp3) is 0.611. The van der Waals surface area contributed by atoms with Crippen molar-refractivity contribution in [2.24, 2.45) is 0 Å². The van der Waals surface area contributed by atoms with Crippen molar-refractivity contribution in [3.63, 3.8) is 0 Å². The average Bonchev–Trinajstić information content (AvgIpc) is 2.97. The van der Waals surface area contributed by atoms with Crippen LogP contribution in [0, 0.1) is 0 Å². The molecule has 23 heavy (non-hydrogen) atoms. The summed E-state index contributed by atoms with van der Waals surface area (Å²) in [5.74, 6) is 1.11. The molecule has 3 rings (SSSR count). The van der Waals surface area contributed by atoms with Crippen molar-refractivity contribution in [2.75, 3.05) is 31.5 Å². The molecule has 5 heteroatoms. The van der Waals surface area contributed by atoms with E-state index < -0.39 is 0 Å². The van der Waals surface area contributed by atoms with E-state index in [2.05, 4.69) is 20.4 Å². The Morgan fingerprint density at radius 2 is 1.91 bits per heavy atom. The van der Waals surface area contributed by atoms with Crippen molar-refractivity contribution >= 4 is 16.7 Å². The van der Waals surface area contributed by atoms with Crippen molar-refractivity contribution in [3.05, 3.63) is 18.2 Å². The number of H-pyrrole nitrogens is 1.